The van der Waals surface area contributed by atoms with E-state index in [-0.39, 0.29) is 16.7 Å². The van der Waals surface area contributed by atoms with Gasteiger partial charge in [0.15, 0.2) is 6.23 Å². The van der Waals surface area contributed by atoms with Crippen molar-refractivity contribution < 1.29 is 22.7 Å². The molecule has 2 aliphatic heterocycles. The summed E-state index contributed by atoms with van der Waals surface area (Å²) in [5, 5.41) is 8.18. The lowest BCUT2D eigenvalue weighted by atomic mass is 10.0. The van der Waals surface area contributed by atoms with E-state index < -0.39 is 22.3 Å². The minimum atomic E-state index is -3.80. The van der Waals surface area contributed by atoms with Gasteiger partial charge in [0.25, 0.3) is 15.9 Å². The monoisotopic (exact) mass is 573 g/mol. The maximum absolute atomic E-state index is 13.4. The minimum Gasteiger partial charge on any atom is -0.428 e. The predicted octanol–water partition coefficient (Wildman–Crippen LogP) is 4.37. The number of sulfonamides is 1. The van der Waals surface area contributed by atoms with E-state index in [0.717, 1.165) is 47.2 Å². The maximum Gasteiger partial charge on any atom is 0.413 e. The zero-order chi connectivity index (χ0) is 27.4. The topological polar surface area (TPSA) is 124 Å². The fourth-order valence-corrected chi connectivity index (χ4v) is 7.88. The molecule has 1 saturated heterocycles. The Balaban J connectivity index is 1.30. The molecule has 0 bridgehead atoms. The number of hydrogen-bond donors (Lipinski definition) is 3. The van der Waals surface area contributed by atoms with E-state index >= 15 is 0 Å². The Morgan fingerprint density at radius 3 is 2.82 bits per heavy atom. The second-order valence-electron chi connectivity index (χ2n) is 9.99. The predicted molar refractivity (Wildman–Crippen MR) is 152 cm³/mol. The Morgan fingerprint density at radius 2 is 2.03 bits per heavy atom. The highest BCUT2D eigenvalue weighted by Crippen LogP contribution is 2.29. The molecule has 3 aromatic rings. The van der Waals surface area contributed by atoms with Crippen LogP contribution >= 0.6 is 11.3 Å². The van der Waals surface area contributed by atoms with Crippen molar-refractivity contribution in [3.05, 3.63) is 47.0 Å². The van der Waals surface area contributed by atoms with Crippen LogP contribution in [-0.4, -0.2) is 73.6 Å². The number of rotatable bonds is 10. The van der Waals surface area contributed by atoms with Gasteiger partial charge in [-0.2, -0.15) is 4.31 Å². The zero-order valence-electron chi connectivity index (χ0n) is 22.1. The summed E-state index contributed by atoms with van der Waals surface area (Å²) in [6.07, 6.45) is 4.75. The first kappa shape index (κ1) is 27.6. The smallest absolute Gasteiger partial charge is 0.413 e. The summed E-state index contributed by atoms with van der Waals surface area (Å²) in [5.74, 6) is -0.138. The number of H-pyrrole nitrogens is 1. The van der Waals surface area contributed by atoms with Crippen LogP contribution in [0.1, 0.15) is 55.1 Å². The number of hydrogen-bond acceptors (Lipinski definition) is 7. The number of amides is 2. The summed E-state index contributed by atoms with van der Waals surface area (Å²) in [6.45, 7) is 4.72. The van der Waals surface area contributed by atoms with E-state index in [4.69, 9.17) is 4.74 Å². The van der Waals surface area contributed by atoms with Crippen molar-refractivity contribution in [2.24, 2.45) is 0 Å². The van der Waals surface area contributed by atoms with Crippen LogP contribution in [-0.2, 0) is 21.2 Å². The van der Waals surface area contributed by atoms with E-state index in [1.807, 2.05) is 12.1 Å². The molecule has 2 aliphatic rings. The molecule has 0 spiro atoms. The second-order valence-corrected chi connectivity index (χ2v) is 13.1. The third kappa shape index (κ3) is 6.13. The molecule has 39 heavy (non-hydrogen) atoms. The average Bonchev–Trinajstić information content (AvgIpc) is 3.58. The molecule has 1 aromatic carbocycles. The van der Waals surface area contributed by atoms with Gasteiger partial charge in [0, 0.05) is 36.2 Å². The Morgan fingerprint density at radius 1 is 1.18 bits per heavy atom. The molecule has 4 heterocycles. The number of aromatic amines is 1. The van der Waals surface area contributed by atoms with Crippen LogP contribution in [0.25, 0.3) is 10.9 Å². The molecule has 5 rings (SSSR count). The lowest BCUT2D eigenvalue weighted by Gasteiger charge is -2.39. The summed E-state index contributed by atoms with van der Waals surface area (Å²) < 4.78 is 34.1. The van der Waals surface area contributed by atoms with Crippen molar-refractivity contribution in [1.29, 1.82) is 0 Å². The van der Waals surface area contributed by atoms with Gasteiger partial charge in [-0.25, -0.2) is 13.2 Å². The van der Waals surface area contributed by atoms with E-state index in [2.05, 4.69) is 27.4 Å². The van der Waals surface area contributed by atoms with Gasteiger partial charge in [-0.15, -0.1) is 11.3 Å². The van der Waals surface area contributed by atoms with Gasteiger partial charge >= 0.3 is 6.09 Å². The summed E-state index contributed by atoms with van der Waals surface area (Å²) >= 11 is 1.15. The van der Waals surface area contributed by atoms with Crippen LogP contribution in [0.5, 0.6) is 0 Å². The summed E-state index contributed by atoms with van der Waals surface area (Å²) in [5.41, 5.74) is 2.78. The number of anilines is 1. The normalized spacial score (nSPS) is 18.6. The molecule has 3 N–H and O–H groups in total. The average molecular weight is 574 g/mol. The molecule has 210 valence electrons. The van der Waals surface area contributed by atoms with Crippen molar-refractivity contribution in [2.75, 3.05) is 38.0 Å². The third-order valence-electron chi connectivity index (χ3n) is 7.29. The van der Waals surface area contributed by atoms with Crippen molar-refractivity contribution >= 4 is 50.0 Å². The van der Waals surface area contributed by atoms with Crippen molar-refractivity contribution in [3.8, 4) is 0 Å². The molecule has 2 aromatic heterocycles. The first-order valence-electron chi connectivity index (χ1n) is 13.5. The number of benzene rings is 1. The number of unbranched alkanes of at least 4 members (excludes halogenated alkanes) is 4. The fraction of sp³-hybridized carbons (Fsp3) is 0.481. The first-order chi connectivity index (χ1) is 18.9. The number of ether oxygens (including phenoxy) is 1. The lowest BCUT2D eigenvalue weighted by Crippen LogP contribution is -2.56. The van der Waals surface area contributed by atoms with Crippen LogP contribution in [0.4, 0.5) is 10.5 Å². The van der Waals surface area contributed by atoms with Crippen LogP contribution in [0.2, 0.25) is 0 Å². The molecular weight excluding hydrogens is 538 g/mol. The van der Waals surface area contributed by atoms with Gasteiger partial charge < -0.3 is 15.0 Å². The van der Waals surface area contributed by atoms with Crippen LogP contribution in [0.15, 0.2) is 39.9 Å². The minimum absolute atomic E-state index is 0.138. The quantitative estimate of drug-likeness (QED) is 0.310. The molecule has 0 radical (unpaired) electrons. The van der Waals surface area contributed by atoms with Crippen LogP contribution in [0, 0.1) is 0 Å². The SMILES string of the molecule is CCCCCCCN1CCN(S(=O)(=O)c2cccs2)C(OC(=O)Nc2ccc3[nH]c4c(c3c2)CCNC4=O)C1. The molecule has 0 saturated carbocycles. The molecule has 1 atom stereocenters. The number of carbonyl (C=O) groups is 2. The number of fused-ring (bicyclic) bond motifs is 3. The second kappa shape index (κ2) is 12.1. The summed E-state index contributed by atoms with van der Waals surface area (Å²) in [6, 6.07) is 8.63. The van der Waals surface area contributed by atoms with Gasteiger partial charge in [0.05, 0.1) is 6.54 Å². The molecule has 1 fully saturated rings. The highest BCUT2D eigenvalue weighted by atomic mass is 32.2. The van der Waals surface area contributed by atoms with Gasteiger partial charge in [-0.05, 0) is 54.6 Å². The Hall–Kier alpha value is -2.93. The number of nitrogens with zero attached hydrogens (tertiary/aromatic N) is 2. The molecule has 1 unspecified atom stereocenters. The molecular formula is C27H35N5O5S2. The third-order valence-corrected chi connectivity index (χ3v) is 10.6. The zero-order valence-corrected chi connectivity index (χ0v) is 23.7. The number of thiophene rings is 1. The lowest BCUT2D eigenvalue weighted by molar-refractivity contribution is -0.0166. The van der Waals surface area contributed by atoms with Crippen molar-refractivity contribution in [3.63, 3.8) is 0 Å². The van der Waals surface area contributed by atoms with Gasteiger partial charge in [-0.3, -0.25) is 15.0 Å². The standard InChI is InChI=1S/C27H35N5O5S2/c1-2-3-4-5-6-13-31-14-15-32(39(35,36)24-8-7-16-38-24)23(18-31)37-27(34)29-19-9-10-22-21(17-19)20-11-12-28-26(33)25(20)30-22/h7-10,16-17,23,30H,2-6,11-15,18H2,1H3,(H,28,33)(H,29,34). The summed E-state index contributed by atoms with van der Waals surface area (Å²) in [7, 11) is -3.80. The Labute approximate surface area is 232 Å². The van der Waals surface area contributed by atoms with E-state index in [1.54, 1.807) is 23.6 Å². The van der Waals surface area contributed by atoms with Crippen molar-refractivity contribution in [2.45, 2.75) is 55.9 Å². The molecule has 2 amide bonds. The number of nitrogens with one attached hydrogen (secondary N) is 3. The molecule has 10 nitrogen and oxygen atoms in total. The van der Waals surface area contributed by atoms with Gasteiger partial charge in [0.2, 0.25) is 0 Å². The van der Waals surface area contributed by atoms with Gasteiger partial charge in [0.1, 0.15) is 9.90 Å². The fourth-order valence-electron chi connectivity index (χ4n) is 5.27. The Bertz CT molecular complexity index is 1420. The molecule has 12 heteroatoms. The van der Waals surface area contributed by atoms with E-state index in [9.17, 15) is 18.0 Å². The largest absolute Gasteiger partial charge is 0.428 e. The van der Waals surface area contributed by atoms with Crippen LogP contribution < -0.4 is 10.6 Å². The van der Waals surface area contributed by atoms with Crippen molar-refractivity contribution in [1.82, 2.24) is 19.5 Å². The number of aromatic nitrogens is 1. The maximum atomic E-state index is 13.4. The van der Waals surface area contributed by atoms with E-state index in [1.165, 1.54) is 23.6 Å². The highest BCUT2D eigenvalue weighted by Gasteiger charge is 2.39. The Kier molecular flexibility index (Phi) is 8.55. The number of carbonyl (C=O) groups excluding carboxylic acids is 2. The first-order valence-corrected chi connectivity index (χ1v) is 15.9. The molecule has 0 aliphatic carbocycles. The highest BCUT2D eigenvalue weighted by molar-refractivity contribution is 7.91. The van der Waals surface area contributed by atoms with E-state index in [0.29, 0.717) is 37.4 Å². The van der Waals surface area contributed by atoms with Crippen LogP contribution in [0.3, 0.4) is 0 Å². The van der Waals surface area contributed by atoms with Gasteiger partial charge in [-0.1, -0.05) is 38.7 Å². The summed E-state index contributed by atoms with van der Waals surface area (Å²) in [4.78, 5) is 30.6. The number of piperazine rings is 1.